The van der Waals surface area contributed by atoms with Gasteiger partial charge in [-0.15, -0.1) is 0 Å². The zero-order valence-corrected chi connectivity index (χ0v) is 15.4. The summed E-state index contributed by atoms with van der Waals surface area (Å²) in [6.45, 7) is 6.98. The SMILES string of the molecule is Cc1ccc(O)c(NC(=O)CC(C)(C)C(=O)Nc2cc(C)ccc2O)c1. The molecule has 26 heavy (non-hydrogen) atoms. The number of hydrogen-bond acceptors (Lipinski definition) is 4. The summed E-state index contributed by atoms with van der Waals surface area (Å²) in [5, 5.41) is 25.0. The van der Waals surface area contributed by atoms with Gasteiger partial charge in [0.2, 0.25) is 11.8 Å². The summed E-state index contributed by atoms with van der Waals surface area (Å²) < 4.78 is 0. The molecule has 0 saturated heterocycles. The van der Waals surface area contributed by atoms with Crippen molar-refractivity contribution in [3.8, 4) is 11.5 Å². The fraction of sp³-hybridized carbons (Fsp3) is 0.300. The lowest BCUT2D eigenvalue weighted by Gasteiger charge is -2.23. The molecule has 2 rings (SSSR count). The second-order valence-corrected chi connectivity index (χ2v) is 7.10. The van der Waals surface area contributed by atoms with Crippen LogP contribution in [-0.4, -0.2) is 22.0 Å². The Labute approximate surface area is 152 Å². The minimum Gasteiger partial charge on any atom is -0.506 e. The molecule has 2 aromatic rings. The van der Waals surface area contributed by atoms with E-state index in [9.17, 15) is 19.8 Å². The van der Waals surface area contributed by atoms with Crippen LogP contribution in [0.3, 0.4) is 0 Å². The number of aromatic hydroxyl groups is 2. The van der Waals surface area contributed by atoms with Crippen LogP contribution in [0.25, 0.3) is 0 Å². The van der Waals surface area contributed by atoms with E-state index in [0.717, 1.165) is 11.1 Å². The van der Waals surface area contributed by atoms with E-state index in [2.05, 4.69) is 10.6 Å². The van der Waals surface area contributed by atoms with Crippen LogP contribution in [-0.2, 0) is 9.59 Å². The van der Waals surface area contributed by atoms with Crippen LogP contribution in [0, 0.1) is 19.3 Å². The number of aryl methyl sites for hydroxylation is 2. The molecule has 0 bridgehead atoms. The molecule has 4 N–H and O–H groups in total. The normalized spacial score (nSPS) is 11.1. The van der Waals surface area contributed by atoms with Gasteiger partial charge in [-0.2, -0.15) is 0 Å². The lowest BCUT2D eigenvalue weighted by Crippen LogP contribution is -2.34. The van der Waals surface area contributed by atoms with E-state index in [4.69, 9.17) is 0 Å². The summed E-state index contributed by atoms with van der Waals surface area (Å²) >= 11 is 0. The predicted molar refractivity (Wildman–Crippen MR) is 101 cm³/mol. The van der Waals surface area contributed by atoms with Gasteiger partial charge in [-0.3, -0.25) is 9.59 Å². The minimum atomic E-state index is -1.01. The Bertz CT molecular complexity index is 844. The highest BCUT2D eigenvalue weighted by Crippen LogP contribution is 2.29. The monoisotopic (exact) mass is 356 g/mol. The molecule has 0 aliphatic rings. The van der Waals surface area contributed by atoms with Crippen LogP contribution in [0.5, 0.6) is 11.5 Å². The van der Waals surface area contributed by atoms with E-state index in [1.54, 1.807) is 38.1 Å². The minimum absolute atomic E-state index is 0.0316. The van der Waals surface area contributed by atoms with Crippen LogP contribution in [0.1, 0.15) is 31.4 Å². The van der Waals surface area contributed by atoms with E-state index in [-0.39, 0.29) is 29.7 Å². The maximum absolute atomic E-state index is 12.6. The topological polar surface area (TPSA) is 98.7 Å². The van der Waals surface area contributed by atoms with Gasteiger partial charge < -0.3 is 20.8 Å². The third-order valence-electron chi connectivity index (χ3n) is 4.04. The zero-order valence-electron chi connectivity index (χ0n) is 15.4. The molecule has 6 heteroatoms. The Morgan fingerprint density at radius 2 is 1.35 bits per heavy atom. The quantitative estimate of drug-likeness (QED) is 0.614. The van der Waals surface area contributed by atoms with Crippen LogP contribution >= 0.6 is 0 Å². The fourth-order valence-corrected chi connectivity index (χ4v) is 2.47. The van der Waals surface area contributed by atoms with Gasteiger partial charge in [0.25, 0.3) is 0 Å². The van der Waals surface area contributed by atoms with Crippen molar-refractivity contribution in [3.63, 3.8) is 0 Å². The number of anilines is 2. The molecular formula is C20H24N2O4. The summed E-state index contributed by atoms with van der Waals surface area (Å²) in [5.74, 6) is -0.841. The van der Waals surface area contributed by atoms with Crippen molar-refractivity contribution in [2.45, 2.75) is 34.1 Å². The Hall–Kier alpha value is -3.02. The van der Waals surface area contributed by atoms with Crippen molar-refractivity contribution in [2.24, 2.45) is 5.41 Å². The number of carbonyl (C=O) groups is 2. The van der Waals surface area contributed by atoms with E-state index in [1.165, 1.54) is 12.1 Å². The molecule has 6 nitrogen and oxygen atoms in total. The summed E-state index contributed by atoms with van der Waals surface area (Å²) in [6, 6.07) is 9.79. The molecule has 138 valence electrons. The number of nitrogens with one attached hydrogen (secondary N) is 2. The molecular weight excluding hydrogens is 332 g/mol. The first kappa shape index (κ1) is 19.3. The fourth-order valence-electron chi connectivity index (χ4n) is 2.47. The van der Waals surface area contributed by atoms with E-state index >= 15 is 0 Å². The van der Waals surface area contributed by atoms with Gasteiger partial charge >= 0.3 is 0 Å². The first-order chi connectivity index (χ1) is 12.1. The molecule has 2 aromatic carbocycles. The number of benzene rings is 2. The van der Waals surface area contributed by atoms with Crippen molar-refractivity contribution in [1.29, 1.82) is 0 Å². The van der Waals surface area contributed by atoms with E-state index in [0.29, 0.717) is 11.4 Å². The van der Waals surface area contributed by atoms with Crippen molar-refractivity contribution in [2.75, 3.05) is 10.6 Å². The van der Waals surface area contributed by atoms with Crippen molar-refractivity contribution in [1.82, 2.24) is 0 Å². The highest BCUT2D eigenvalue weighted by Gasteiger charge is 2.31. The van der Waals surface area contributed by atoms with Crippen molar-refractivity contribution < 1.29 is 19.8 Å². The van der Waals surface area contributed by atoms with Gasteiger partial charge in [0.15, 0.2) is 0 Å². The maximum Gasteiger partial charge on any atom is 0.230 e. The van der Waals surface area contributed by atoms with Crippen LogP contribution in [0.2, 0.25) is 0 Å². The van der Waals surface area contributed by atoms with Crippen molar-refractivity contribution >= 4 is 23.2 Å². The summed E-state index contributed by atoms with van der Waals surface area (Å²) in [7, 11) is 0. The predicted octanol–water partition coefficient (Wildman–Crippen LogP) is 3.71. The first-order valence-corrected chi connectivity index (χ1v) is 8.29. The molecule has 0 spiro atoms. The van der Waals surface area contributed by atoms with Gasteiger partial charge in [-0.1, -0.05) is 26.0 Å². The molecule has 0 aliphatic heterocycles. The molecule has 0 aliphatic carbocycles. The van der Waals surface area contributed by atoms with E-state index in [1.807, 2.05) is 13.8 Å². The second-order valence-electron chi connectivity index (χ2n) is 7.10. The van der Waals surface area contributed by atoms with Gasteiger partial charge in [0.1, 0.15) is 11.5 Å². The summed E-state index contributed by atoms with van der Waals surface area (Å²) in [4.78, 5) is 24.9. The average molecular weight is 356 g/mol. The number of phenols is 2. The Morgan fingerprint density at radius 3 is 1.85 bits per heavy atom. The summed E-state index contributed by atoms with van der Waals surface area (Å²) in [5.41, 5.74) is 1.38. The van der Waals surface area contributed by atoms with Gasteiger partial charge in [0, 0.05) is 6.42 Å². The van der Waals surface area contributed by atoms with Crippen LogP contribution in [0.4, 0.5) is 11.4 Å². The molecule has 0 unspecified atom stereocenters. The molecule has 0 saturated carbocycles. The number of carbonyl (C=O) groups excluding carboxylic acids is 2. The highest BCUT2D eigenvalue weighted by molar-refractivity contribution is 6.01. The van der Waals surface area contributed by atoms with Crippen molar-refractivity contribution in [3.05, 3.63) is 47.5 Å². The molecule has 0 aromatic heterocycles. The Kier molecular flexibility index (Phi) is 5.55. The van der Waals surface area contributed by atoms with Gasteiger partial charge in [-0.25, -0.2) is 0 Å². The number of hydrogen-bond donors (Lipinski definition) is 4. The van der Waals surface area contributed by atoms with Crippen LogP contribution < -0.4 is 10.6 Å². The smallest absolute Gasteiger partial charge is 0.230 e. The number of amides is 2. The molecule has 0 radical (unpaired) electrons. The number of rotatable bonds is 5. The Morgan fingerprint density at radius 1 is 0.885 bits per heavy atom. The first-order valence-electron chi connectivity index (χ1n) is 8.29. The van der Waals surface area contributed by atoms with Gasteiger partial charge in [0.05, 0.1) is 16.8 Å². The standard InChI is InChI=1S/C20H24N2O4/c1-12-5-7-16(23)14(9-12)21-18(25)11-20(3,4)19(26)22-15-10-13(2)6-8-17(15)24/h5-10,23-24H,11H2,1-4H3,(H,21,25)(H,22,26). The highest BCUT2D eigenvalue weighted by atomic mass is 16.3. The van der Waals surface area contributed by atoms with Gasteiger partial charge in [-0.05, 0) is 49.2 Å². The third kappa shape index (κ3) is 4.75. The second kappa shape index (κ2) is 7.47. The van der Waals surface area contributed by atoms with Crippen LogP contribution in [0.15, 0.2) is 36.4 Å². The average Bonchev–Trinajstić information content (AvgIpc) is 2.53. The molecule has 2 amide bonds. The molecule has 0 heterocycles. The Balaban J connectivity index is 2.06. The lowest BCUT2D eigenvalue weighted by atomic mass is 9.87. The lowest BCUT2D eigenvalue weighted by molar-refractivity contribution is -0.129. The maximum atomic E-state index is 12.6. The molecule has 0 fully saturated rings. The number of phenolic OH excluding ortho intramolecular Hbond substituents is 2. The summed E-state index contributed by atoms with van der Waals surface area (Å²) in [6.07, 6.45) is -0.0845. The largest absolute Gasteiger partial charge is 0.506 e. The van der Waals surface area contributed by atoms with E-state index < -0.39 is 5.41 Å². The zero-order chi connectivity index (χ0) is 19.5. The third-order valence-corrected chi connectivity index (χ3v) is 4.04. The molecule has 0 atom stereocenters.